The Hall–Kier alpha value is -5.10. The summed E-state index contributed by atoms with van der Waals surface area (Å²) in [6.45, 7) is 0. The molecule has 0 saturated heterocycles. The summed E-state index contributed by atoms with van der Waals surface area (Å²) in [4.78, 5) is 41.8. The van der Waals surface area contributed by atoms with Gasteiger partial charge in [-0.25, -0.2) is 4.79 Å². The van der Waals surface area contributed by atoms with Gasteiger partial charge in [-0.15, -0.1) is 5.10 Å². The molecule has 0 saturated carbocycles. The van der Waals surface area contributed by atoms with Crippen molar-refractivity contribution in [2.24, 2.45) is 0 Å². The van der Waals surface area contributed by atoms with Gasteiger partial charge in [-0.05, 0) is 76.9 Å². The number of carbonyl (C=O) groups is 3. The molecule has 1 aliphatic heterocycles. The fourth-order valence-electron chi connectivity index (χ4n) is 5.08. The highest BCUT2D eigenvalue weighted by Gasteiger charge is 2.23. The summed E-state index contributed by atoms with van der Waals surface area (Å²) in [5, 5.41) is 27.9. The summed E-state index contributed by atoms with van der Waals surface area (Å²) < 4.78 is 6.28. The number of aromatic nitrogens is 5. The van der Waals surface area contributed by atoms with Crippen LogP contribution in [-0.2, 0) is 25.5 Å². The zero-order valence-electron chi connectivity index (χ0n) is 23.8. The van der Waals surface area contributed by atoms with Crippen molar-refractivity contribution in [1.29, 1.82) is 0 Å². The number of amides is 1. The molecule has 3 N–H and O–H groups in total. The van der Waals surface area contributed by atoms with Crippen LogP contribution >= 0.6 is 11.6 Å². The van der Waals surface area contributed by atoms with Gasteiger partial charge >= 0.3 is 11.9 Å². The van der Waals surface area contributed by atoms with Gasteiger partial charge in [0.15, 0.2) is 0 Å². The number of hydrogen-bond acceptors (Lipinski definition) is 9. The number of rotatable bonds is 7. The molecule has 3 heterocycles. The molecule has 2 aromatic heterocycles. The number of anilines is 1. The Kier molecular flexibility index (Phi) is 9.60. The Morgan fingerprint density at radius 3 is 2.75 bits per heavy atom. The molecule has 2 atom stereocenters. The number of esters is 1. The second-order valence-electron chi connectivity index (χ2n) is 10.3. The standard InChI is InChI=1S/C31H30ClN7O5/c1-44-30(41)15-19-6-9-23-20-12-13-33-27(17-20)24(4-2-3-5-25(31(42)43)35-26(23)14-19)36-29(40)11-7-21-16-22(32)8-10-28(21)39-18-34-37-38-39/h6-14,16-18,24-25,35H,2-5,15H2,1H3,(H,36,40)(H,42,43)/b11-7+/t24-,25+/m0/s1. The van der Waals surface area contributed by atoms with E-state index in [4.69, 9.17) is 16.3 Å². The van der Waals surface area contributed by atoms with Crippen LogP contribution in [0.2, 0.25) is 5.02 Å². The van der Waals surface area contributed by atoms with E-state index in [9.17, 15) is 19.5 Å². The van der Waals surface area contributed by atoms with E-state index < -0.39 is 24.0 Å². The number of tetrazole rings is 1. The number of methoxy groups -OCH3 is 1. The molecule has 4 aromatic rings. The Balaban J connectivity index is 1.44. The fraction of sp³-hybridized carbons (Fsp3) is 0.258. The van der Waals surface area contributed by atoms with Gasteiger partial charge in [0.25, 0.3) is 0 Å². The molecule has 13 heteroatoms. The van der Waals surface area contributed by atoms with E-state index in [-0.39, 0.29) is 12.3 Å². The minimum atomic E-state index is -0.973. The number of nitrogens with one attached hydrogen (secondary N) is 2. The van der Waals surface area contributed by atoms with E-state index in [2.05, 4.69) is 31.1 Å². The summed E-state index contributed by atoms with van der Waals surface area (Å²) in [6.07, 6.45) is 8.40. The lowest BCUT2D eigenvalue weighted by Gasteiger charge is -2.23. The summed E-state index contributed by atoms with van der Waals surface area (Å²) in [6, 6.07) is 13.0. The number of carboxylic acid groups (broad SMARTS) is 1. The van der Waals surface area contributed by atoms with Crippen molar-refractivity contribution in [3.8, 4) is 16.8 Å². The average molecular weight is 616 g/mol. The fourth-order valence-corrected chi connectivity index (χ4v) is 5.26. The van der Waals surface area contributed by atoms with Crippen molar-refractivity contribution in [1.82, 2.24) is 30.5 Å². The summed E-state index contributed by atoms with van der Waals surface area (Å²) in [5.41, 5.74) is 4.77. The van der Waals surface area contributed by atoms with Crippen LogP contribution in [0.3, 0.4) is 0 Å². The first-order valence-electron chi connectivity index (χ1n) is 14.0. The lowest BCUT2D eigenvalue weighted by atomic mass is 9.95. The maximum atomic E-state index is 13.2. The molecular formula is C31H30ClN7O5. The number of aliphatic carboxylic acids is 1. The SMILES string of the molecule is COC(=O)Cc1ccc2c(c1)N[C@@H](C(=O)O)CCCC[C@H](NC(=O)/C=C/c1cc(Cl)ccc1-n1cnnn1)c1cc-2ccn1. The molecule has 0 radical (unpaired) electrons. The molecule has 0 fully saturated rings. The molecule has 0 spiro atoms. The zero-order valence-corrected chi connectivity index (χ0v) is 24.6. The molecule has 5 rings (SSSR count). The monoisotopic (exact) mass is 615 g/mol. The normalized spacial score (nSPS) is 16.6. The predicted molar refractivity (Wildman–Crippen MR) is 163 cm³/mol. The molecule has 12 nitrogen and oxygen atoms in total. The molecule has 1 amide bonds. The second kappa shape index (κ2) is 13.9. The Morgan fingerprint density at radius 2 is 1.98 bits per heavy atom. The smallest absolute Gasteiger partial charge is 0.326 e. The zero-order chi connectivity index (χ0) is 31.1. The highest BCUT2D eigenvalue weighted by Crippen LogP contribution is 2.33. The van der Waals surface area contributed by atoms with Crippen molar-refractivity contribution in [3.63, 3.8) is 0 Å². The third-order valence-electron chi connectivity index (χ3n) is 7.29. The van der Waals surface area contributed by atoms with Crippen molar-refractivity contribution in [2.45, 2.75) is 44.2 Å². The van der Waals surface area contributed by atoms with Gasteiger partial charge in [-0.2, -0.15) is 4.68 Å². The molecule has 1 aliphatic rings. The van der Waals surface area contributed by atoms with Crippen LogP contribution in [0.15, 0.2) is 67.1 Å². The maximum absolute atomic E-state index is 13.2. The summed E-state index contributed by atoms with van der Waals surface area (Å²) >= 11 is 6.21. The number of hydrogen-bond donors (Lipinski definition) is 3. The highest BCUT2D eigenvalue weighted by atomic mass is 35.5. The quantitative estimate of drug-likeness (QED) is 0.201. The number of fused-ring (bicyclic) bond motifs is 4. The van der Waals surface area contributed by atoms with Gasteiger partial charge in [0, 0.05) is 34.1 Å². The molecule has 226 valence electrons. The van der Waals surface area contributed by atoms with Crippen molar-refractivity contribution in [3.05, 3.63) is 89.0 Å². The maximum Gasteiger partial charge on any atom is 0.326 e. The van der Waals surface area contributed by atoms with E-state index in [1.807, 2.05) is 24.3 Å². The van der Waals surface area contributed by atoms with Gasteiger partial charge in [0.1, 0.15) is 12.4 Å². The van der Waals surface area contributed by atoms with E-state index >= 15 is 0 Å². The van der Waals surface area contributed by atoms with Crippen molar-refractivity contribution < 1.29 is 24.2 Å². The molecule has 0 aliphatic carbocycles. The topological polar surface area (TPSA) is 161 Å². The first-order chi connectivity index (χ1) is 21.3. The Labute approximate surface area is 258 Å². The first kappa shape index (κ1) is 30.4. The van der Waals surface area contributed by atoms with Crippen LogP contribution in [0.4, 0.5) is 5.69 Å². The van der Waals surface area contributed by atoms with Crippen LogP contribution in [-0.4, -0.2) is 61.3 Å². The molecule has 2 bridgehead atoms. The number of pyridine rings is 1. The summed E-state index contributed by atoms with van der Waals surface area (Å²) in [7, 11) is 1.32. The van der Waals surface area contributed by atoms with Gasteiger partial charge in [0.2, 0.25) is 5.91 Å². The minimum absolute atomic E-state index is 0.0544. The lowest BCUT2D eigenvalue weighted by molar-refractivity contribution is -0.140. The number of carboxylic acids is 1. The Bertz CT molecular complexity index is 1690. The highest BCUT2D eigenvalue weighted by molar-refractivity contribution is 6.30. The van der Waals surface area contributed by atoms with E-state index in [1.54, 1.807) is 36.5 Å². The number of ether oxygens (including phenoxy) is 1. The number of benzene rings is 2. The lowest BCUT2D eigenvalue weighted by Crippen LogP contribution is -2.30. The van der Waals surface area contributed by atoms with Gasteiger partial charge < -0.3 is 20.5 Å². The first-order valence-corrected chi connectivity index (χ1v) is 14.4. The Morgan fingerprint density at radius 1 is 1.14 bits per heavy atom. The van der Waals surface area contributed by atoms with Crippen molar-refractivity contribution in [2.75, 3.05) is 12.4 Å². The number of halogens is 1. The van der Waals surface area contributed by atoms with Crippen LogP contribution in [0.1, 0.15) is 48.5 Å². The number of carbonyl (C=O) groups excluding carboxylic acids is 2. The second-order valence-corrected chi connectivity index (χ2v) is 10.7. The minimum Gasteiger partial charge on any atom is -0.480 e. The largest absolute Gasteiger partial charge is 0.480 e. The van der Waals surface area contributed by atoms with Gasteiger partial charge in [-0.3, -0.25) is 14.6 Å². The van der Waals surface area contributed by atoms with Gasteiger partial charge in [0.05, 0.1) is 31.0 Å². The van der Waals surface area contributed by atoms with Crippen LogP contribution in [0.25, 0.3) is 22.9 Å². The van der Waals surface area contributed by atoms with Crippen LogP contribution in [0, 0.1) is 0 Å². The van der Waals surface area contributed by atoms with Crippen LogP contribution < -0.4 is 10.6 Å². The third kappa shape index (κ3) is 7.45. The molecule has 2 aromatic carbocycles. The van der Waals surface area contributed by atoms with Gasteiger partial charge in [-0.1, -0.05) is 36.6 Å². The summed E-state index contributed by atoms with van der Waals surface area (Å²) in [5.74, 6) is -1.71. The van der Waals surface area contributed by atoms with E-state index in [1.165, 1.54) is 24.2 Å². The van der Waals surface area contributed by atoms with Crippen molar-refractivity contribution >= 4 is 41.2 Å². The van der Waals surface area contributed by atoms with E-state index in [0.717, 1.165) is 11.1 Å². The average Bonchev–Trinajstić information content (AvgIpc) is 3.55. The predicted octanol–water partition coefficient (Wildman–Crippen LogP) is 4.40. The molecule has 0 unspecified atom stereocenters. The third-order valence-corrected chi connectivity index (χ3v) is 7.52. The molecular weight excluding hydrogens is 586 g/mol. The molecule has 44 heavy (non-hydrogen) atoms. The van der Waals surface area contributed by atoms with Crippen LogP contribution in [0.5, 0.6) is 0 Å². The number of nitrogens with zero attached hydrogens (tertiary/aromatic N) is 5. The van der Waals surface area contributed by atoms with E-state index in [0.29, 0.717) is 58.9 Å².